The van der Waals surface area contributed by atoms with Gasteiger partial charge in [0.25, 0.3) is 0 Å². The van der Waals surface area contributed by atoms with Gasteiger partial charge in [-0.2, -0.15) is 0 Å². The average molecular weight is 345 g/mol. The van der Waals surface area contributed by atoms with Gasteiger partial charge in [0.15, 0.2) is 0 Å². The van der Waals surface area contributed by atoms with Gasteiger partial charge in [-0.15, -0.1) is 0 Å². The van der Waals surface area contributed by atoms with E-state index < -0.39 is 0 Å². The van der Waals surface area contributed by atoms with Crippen molar-refractivity contribution in [3.63, 3.8) is 0 Å². The van der Waals surface area contributed by atoms with E-state index in [1.807, 2.05) is 0 Å². The first kappa shape index (κ1) is 20.5. The molecular formula is C23H40N2. The summed E-state index contributed by atoms with van der Waals surface area (Å²) < 4.78 is 0. The molecule has 0 saturated heterocycles. The predicted octanol–water partition coefficient (Wildman–Crippen LogP) is 5.22. The summed E-state index contributed by atoms with van der Waals surface area (Å²) in [7, 11) is 6.75. The van der Waals surface area contributed by atoms with E-state index in [2.05, 4.69) is 69.1 Å². The molecule has 0 aliphatic heterocycles. The van der Waals surface area contributed by atoms with Crippen molar-refractivity contribution < 1.29 is 0 Å². The molecule has 1 aromatic carbocycles. The third-order valence-electron chi connectivity index (χ3n) is 5.60. The third-order valence-corrected chi connectivity index (χ3v) is 5.60. The minimum atomic E-state index is 0.659. The maximum Gasteiger partial charge on any atom is 0.0234 e. The standard InChI is InChI=1S/C23H40N2/c1-19(2)14-21-12-9-13-22(15-21)17-25(5)23(18-24(3)4)16-20-10-7-6-8-11-20/h9,12-13,15,19-20,23H,6-8,10-11,14,16-18H2,1-5H3/t23-/m0/s1. The summed E-state index contributed by atoms with van der Waals surface area (Å²) in [5, 5.41) is 0. The van der Waals surface area contributed by atoms with Gasteiger partial charge in [0.2, 0.25) is 0 Å². The fourth-order valence-electron chi connectivity index (χ4n) is 4.37. The average Bonchev–Trinajstić information content (AvgIpc) is 2.54. The van der Waals surface area contributed by atoms with Crippen molar-refractivity contribution in [3.05, 3.63) is 35.4 Å². The number of rotatable bonds is 9. The second-order valence-corrected chi connectivity index (χ2v) is 8.99. The summed E-state index contributed by atoms with van der Waals surface area (Å²) in [4.78, 5) is 4.96. The molecule has 2 nitrogen and oxygen atoms in total. The van der Waals surface area contributed by atoms with Crippen molar-refractivity contribution >= 4 is 0 Å². The van der Waals surface area contributed by atoms with E-state index in [0.29, 0.717) is 6.04 Å². The molecule has 25 heavy (non-hydrogen) atoms. The van der Waals surface area contributed by atoms with E-state index in [0.717, 1.165) is 18.4 Å². The van der Waals surface area contributed by atoms with Gasteiger partial charge in [0.05, 0.1) is 0 Å². The Kier molecular flexibility index (Phi) is 8.45. The van der Waals surface area contributed by atoms with Gasteiger partial charge in [0.1, 0.15) is 0 Å². The summed E-state index contributed by atoms with van der Waals surface area (Å²) >= 11 is 0. The van der Waals surface area contributed by atoms with Gasteiger partial charge >= 0.3 is 0 Å². The predicted molar refractivity (Wildman–Crippen MR) is 110 cm³/mol. The second kappa shape index (κ2) is 10.3. The fraction of sp³-hybridized carbons (Fsp3) is 0.739. The molecule has 2 rings (SSSR count). The third kappa shape index (κ3) is 7.50. The molecule has 0 radical (unpaired) electrons. The fourth-order valence-corrected chi connectivity index (χ4v) is 4.37. The summed E-state index contributed by atoms with van der Waals surface area (Å²) in [6.45, 7) is 6.84. The normalized spacial score (nSPS) is 17.6. The van der Waals surface area contributed by atoms with Crippen molar-refractivity contribution in [3.8, 4) is 0 Å². The number of hydrogen-bond acceptors (Lipinski definition) is 2. The first-order chi connectivity index (χ1) is 11.9. The Balaban J connectivity index is 1.98. The number of hydrogen-bond donors (Lipinski definition) is 0. The SMILES string of the molecule is CC(C)Cc1cccc(CN(C)[C@@H](CC2CCCCC2)CN(C)C)c1. The van der Waals surface area contributed by atoms with Crippen LogP contribution in [0.1, 0.15) is 63.5 Å². The van der Waals surface area contributed by atoms with Crippen molar-refractivity contribution in [2.45, 2.75) is 71.4 Å². The van der Waals surface area contributed by atoms with Crippen LogP contribution < -0.4 is 0 Å². The quantitative estimate of drug-likeness (QED) is 0.606. The topological polar surface area (TPSA) is 6.48 Å². The summed E-state index contributed by atoms with van der Waals surface area (Å²) in [6.07, 6.45) is 9.78. The highest BCUT2D eigenvalue weighted by Gasteiger charge is 2.22. The Morgan fingerprint density at radius 3 is 2.32 bits per heavy atom. The van der Waals surface area contributed by atoms with Crippen LogP contribution in [0.2, 0.25) is 0 Å². The molecule has 2 heteroatoms. The lowest BCUT2D eigenvalue weighted by atomic mass is 9.84. The largest absolute Gasteiger partial charge is 0.308 e. The van der Waals surface area contributed by atoms with Gasteiger partial charge in [0, 0.05) is 19.1 Å². The van der Waals surface area contributed by atoms with E-state index in [4.69, 9.17) is 0 Å². The lowest BCUT2D eigenvalue weighted by Gasteiger charge is -2.34. The molecule has 1 fully saturated rings. The summed E-state index contributed by atoms with van der Waals surface area (Å²) in [5.74, 6) is 1.66. The van der Waals surface area contributed by atoms with Crippen LogP contribution >= 0.6 is 0 Å². The van der Waals surface area contributed by atoms with E-state index in [1.54, 1.807) is 0 Å². The van der Waals surface area contributed by atoms with Crippen molar-refractivity contribution in [1.82, 2.24) is 9.80 Å². The molecule has 142 valence electrons. The molecule has 1 saturated carbocycles. The Labute approximate surface area is 156 Å². The Morgan fingerprint density at radius 1 is 1.00 bits per heavy atom. The smallest absolute Gasteiger partial charge is 0.0234 e. The molecule has 0 aromatic heterocycles. The molecule has 0 amide bonds. The zero-order valence-electron chi connectivity index (χ0n) is 17.3. The first-order valence-corrected chi connectivity index (χ1v) is 10.4. The monoisotopic (exact) mass is 344 g/mol. The van der Waals surface area contributed by atoms with Crippen LogP contribution in [0.15, 0.2) is 24.3 Å². The molecule has 0 heterocycles. The highest BCUT2D eigenvalue weighted by atomic mass is 15.2. The maximum atomic E-state index is 2.60. The van der Waals surface area contributed by atoms with E-state index in [1.165, 1.54) is 62.6 Å². The lowest BCUT2D eigenvalue weighted by Crippen LogP contribution is -2.41. The Hall–Kier alpha value is -0.860. The molecule has 0 N–H and O–H groups in total. The van der Waals surface area contributed by atoms with E-state index in [-0.39, 0.29) is 0 Å². The van der Waals surface area contributed by atoms with E-state index >= 15 is 0 Å². The molecule has 0 bridgehead atoms. The van der Waals surface area contributed by atoms with Crippen LogP contribution in [0.4, 0.5) is 0 Å². The zero-order valence-corrected chi connectivity index (χ0v) is 17.3. The minimum absolute atomic E-state index is 0.659. The summed E-state index contributed by atoms with van der Waals surface area (Å²) in [5.41, 5.74) is 2.95. The molecule has 1 aliphatic carbocycles. The van der Waals surface area contributed by atoms with Crippen LogP contribution in [0, 0.1) is 11.8 Å². The second-order valence-electron chi connectivity index (χ2n) is 8.99. The van der Waals surface area contributed by atoms with Gasteiger partial charge in [-0.05, 0) is 56.9 Å². The Morgan fingerprint density at radius 2 is 1.68 bits per heavy atom. The molecule has 0 unspecified atom stereocenters. The first-order valence-electron chi connectivity index (χ1n) is 10.4. The zero-order chi connectivity index (χ0) is 18.2. The van der Waals surface area contributed by atoms with Crippen LogP contribution in [0.25, 0.3) is 0 Å². The number of nitrogens with zero attached hydrogens (tertiary/aromatic N) is 2. The van der Waals surface area contributed by atoms with Gasteiger partial charge in [-0.25, -0.2) is 0 Å². The van der Waals surface area contributed by atoms with E-state index in [9.17, 15) is 0 Å². The molecular weight excluding hydrogens is 304 g/mol. The molecule has 0 spiro atoms. The van der Waals surface area contributed by atoms with Crippen LogP contribution in [0.3, 0.4) is 0 Å². The van der Waals surface area contributed by atoms with Crippen molar-refractivity contribution in [1.29, 1.82) is 0 Å². The number of likely N-dealkylation sites (N-methyl/N-ethyl adjacent to an activating group) is 2. The maximum absolute atomic E-state index is 2.60. The van der Waals surface area contributed by atoms with Gasteiger partial charge in [-0.3, -0.25) is 4.90 Å². The van der Waals surface area contributed by atoms with Crippen molar-refractivity contribution in [2.75, 3.05) is 27.7 Å². The van der Waals surface area contributed by atoms with Gasteiger partial charge < -0.3 is 4.90 Å². The highest BCUT2D eigenvalue weighted by Crippen LogP contribution is 2.29. The molecule has 1 aromatic rings. The van der Waals surface area contributed by atoms with Gasteiger partial charge in [-0.1, -0.05) is 70.2 Å². The minimum Gasteiger partial charge on any atom is -0.308 e. The molecule has 1 atom stereocenters. The Bertz CT molecular complexity index is 489. The number of benzene rings is 1. The summed E-state index contributed by atoms with van der Waals surface area (Å²) in [6, 6.07) is 9.90. The highest BCUT2D eigenvalue weighted by molar-refractivity contribution is 5.23. The van der Waals surface area contributed by atoms with Crippen molar-refractivity contribution in [2.24, 2.45) is 11.8 Å². The lowest BCUT2D eigenvalue weighted by molar-refractivity contribution is 0.148. The van der Waals surface area contributed by atoms with Crippen LogP contribution in [-0.2, 0) is 13.0 Å². The molecule has 1 aliphatic rings. The van der Waals surface area contributed by atoms with Crippen LogP contribution in [0.5, 0.6) is 0 Å². The van der Waals surface area contributed by atoms with Crippen LogP contribution in [-0.4, -0.2) is 43.5 Å².